The van der Waals surface area contributed by atoms with Crippen molar-refractivity contribution in [1.29, 1.82) is 0 Å². The molecule has 230 valence electrons. The average Bonchev–Trinajstić information content (AvgIpc) is 3.69. The van der Waals surface area contributed by atoms with Gasteiger partial charge in [-0.2, -0.15) is 9.97 Å². The molecule has 0 saturated heterocycles. The van der Waals surface area contributed by atoms with Crippen LogP contribution in [-0.2, 0) is 13.1 Å². The zero-order valence-electron chi connectivity index (χ0n) is 24.8. The molecule has 6 rings (SSSR count). The summed E-state index contributed by atoms with van der Waals surface area (Å²) in [5.41, 5.74) is 3.90. The summed E-state index contributed by atoms with van der Waals surface area (Å²) >= 11 is 12.2. The van der Waals surface area contributed by atoms with Crippen LogP contribution in [-0.4, -0.2) is 64.3 Å². The lowest BCUT2D eigenvalue weighted by atomic mass is 10.2. The third-order valence-electron chi connectivity index (χ3n) is 7.33. The lowest BCUT2D eigenvalue weighted by molar-refractivity contribution is 0.0798. The molecular weight excluding hydrogens is 613 g/mol. The summed E-state index contributed by atoms with van der Waals surface area (Å²) in [6.07, 6.45) is 5.91. The molecule has 3 heterocycles. The third kappa shape index (κ3) is 7.13. The number of likely N-dealkylation sites (N-methyl/N-ethyl adjacent to an activating group) is 2. The van der Waals surface area contributed by atoms with Gasteiger partial charge in [-0.15, -0.1) is 0 Å². The Morgan fingerprint density at radius 2 is 1.76 bits per heavy atom. The number of rotatable bonds is 11. The van der Waals surface area contributed by atoms with Crippen molar-refractivity contribution in [2.75, 3.05) is 44.2 Å². The van der Waals surface area contributed by atoms with E-state index in [0.29, 0.717) is 64.7 Å². The number of nitrogens with one attached hydrogen (secondary N) is 1. The first-order valence-corrected chi connectivity index (χ1v) is 15.1. The standard InChI is InChI=1S/C33H31Cl2N7O3/c1-40(32(43)24-16-25(34)18-26(35)17-24)13-14-41(2)33-38-30(36-19-23-10-11-27-28(15-23)45-21-44-27)29-31(39-33)42(20-37-29)12-6-9-22-7-4-3-5-8-22/h3-11,15-18,20H,12-14,19,21H2,1-2H3,(H,36,38,39). The normalized spacial score (nSPS) is 12.2. The maximum Gasteiger partial charge on any atom is 0.253 e. The van der Waals surface area contributed by atoms with Gasteiger partial charge in [0.25, 0.3) is 5.91 Å². The van der Waals surface area contributed by atoms with Crippen LogP contribution in [0.1, 0.15) is 21.5 Å². The second-order valence-corrected chi connectivity index (χ2v) is 11.5. The molecule has 0 spiro atoms. The average molecular weight is 645 g/mol. The molecular formula is C33H31Cl2N7O3. The predicted octanol–water partition coefficient (Wildman–Crippen LogP) is 6.40. The van der Waals surface area contributed by atoms with E-state index in [2.05, 4.69) is 34.6 Å². The van der Waals surface area contributed by atoms with Crippen molar-refractivity contribution in [3.63, 3.8) is 0 Å². The van der Waals surface area contributed by atoms with Crippen molar-refractivity contribution in [2.45, 2.75) is 13.1 Å². The van der Waals surface area contributed by atoms with E-state index < -0.39 is 0 Å². The second kappa shape index (κ2) is 13.5. The number of anilines is 2. The molecule has 0 saturated carbocycles. The third-order valence-corrected chi connectivity index (χ3v) is 7.77. The number of fused-ring (bicyclic) bond motifs is 2. The number of hydrogen-bond donors (Lipinski definition) is 1. The Bertz CT molecular complexity index is 1840. The lowest BCUT2D eigenvalue weighted by Gasteiger charge is -2.23. The fraction of sp³-hybridized carbons (Fsp3) is 0.212. The van der Waals surface area contributed by atoms with Crippen LogP contribution in [0.25, 0.3) is 17.2 Å². The first-order chi connectivity index (χ1) is 21.8. The number of imidazole rings is 1. The molecule has 2 aromatic heterocycles. The van der Waals surface area contributed by atoms with Crippen molar-refractivity contribution in [1.82, 2.24) is 24.4 Å². The molecule has 0 radical (unpaired) electrons. The van der Waals surface area contributed by atoms with E-state index >= 15 is 0 Å². The van der Waals surface area contributed by atoms with Gasteiger partial charge in [0.2, 0.25) is 12.7 Å². The van der Waals surface area contributed by atoms with E-state index in [1.807, 2.05) is 52.9 Å². The Hall–Kier alpha value is -4.80. The number of benzene rings is 3. The Morgan fingerprint density at radius 1 is 0.978 bits per heavy atom. The first kappa shape index (κ1) is 30.2. The number of nitrogens with zero attached hydrogens (tertiary/aromatic N) is 6. The summed E-state index contributed by atoms with van der Waals surface area (Å²) in [5, 5.41) is 4.27. The van der Waals surface area contributed by atoms with Crippen LogP contribution in [0.4, 0.5) is 11.8 Å². The quantitative estimate of drug-likeness (QED) is 0.177. The van der Waals surface area contributed by atoms with Gasteiger partial charge in [0.1, 0.15) is 0 Å². The van der Waals surface area contributed by atoms with E-state index in [4.69, 9.17) is 42.6 Å². The van der Waals surface area contributed by atoms with Gasteiger partial charge in [-0.1, -0.05) is 71.8 Å². The minimum absolute atomic E-state index is 0.182. The van der Waals surface area contributed by atoms with Gasteiger partial charge < -0.3 is 29.2 Å². The number of ether oxygens (including phenoxy) is 2. The van der Waals surface area contributed by atoms with Crippen LogP contribution in [0.15, 0.2) is 79.1 Å². The molecule has 1 aliphatic heterocycles. The molecule has 10 nitrogen and oxygen atoms in total. The number of carbonyl (C=O) groups excluding carboxylic acids is 1. The molecule has 0 aliphatic carbocycles. The van der Waals surface area contributed by atoms with E-state index in [1.165, 1.54) is 0 Å². The number of hydrogen-bond acceptors (Lipinski definition) is 8. The van der Waals surface area contributed by atoms with Gasteiger partial charge in [0.15, 0.2) is 28.5 Å². The topological polar surface area (TPSA) is 97.6 Å². The van der Waals surface area contributed by atoms with E-state index in [0.717, 1.165) is 22.6 Å². The second-order valence-electron chi connectivity index (χ2n) is 10.6. The Kier molecular flexibility index (Phi) is 9.04. The molecule has 1 N–H and O–H groups in total. The Morgan fingerprint density at radius 3 is 2.56 bits per heavy atom. The van der Waals surface area contributed by atoms with E-state index in [-0.39, 0.29) is 12.7 Å². The molecule has 0 atom stereocenters. The summed E-state index contributed by atoms with van der Waals surface area (Å²) in [7, 11) is 3.63. The predicted molar refractivity (Wildman–Crippen MR) is 177 cm³/mol. The number of aromatic nitrogens is 4. The molecule has 0 unspecified atom stereocenters. The maximum atomic E-state index is 13.0. The maximum absolute atomic E-state index is 13.0. The summed E-state index contributed by atoms with van der Waals surface area (Å²) in [6, 6.07) is 20.8. The van der Waals surface area contributed by atoms with Crippen molar-refractivity contribution in [3.05, 3.63) is 106 Å². The molecule has 1 aliphatic rings. The zero-order valence-corrected chi connectivity index (χ0v) is 26.3. The van der Waals surface area contributed by atoms with Gasteiger partial charge in [-0.05, 0) is 41.5 Å². The number of carbonyl (C=O) groups is 1. The van der Waals surface area contributed by atoms with Gasteiger partial charge in [-0.25, -0.2) is 4.98 Å². The highest BCUT2D eigenvalue weighted by Gasteiger charge is 2.19. The van der Waals surface area contributed by atoms with Crippen LogP contribution in [0.2, 0.25) is 10.0 Å². The highest BCUT2D eigenvalue weighted by molar-refractivity contribution is 6.35. The van der Waals surface area contributed by atoms with Crippen LogP contribution >= 0.6 is 23.2 Å². The summed E-state index contributed by atoms with van der Waals surface area (Å²) in [4.78, 5) is 31.0. The van der Waals surface area contributed by atoms with Crippen molar-refractivity contribution < 1.29 is 14.3 Å². The summed E-state index contributed by atoms with van der Waals surface area (Å²) in [5.74, 6) is 2.37. The first-order valence-electron chi connectivity index (χ1n) is 14.3. The summed E-state index contributed by atoms with van der Waals surface area (Å²) in [6.45, 7) is 2.18. The highest BCUT2D eigenvalue weighted by Crippen LogP contribution is 2.33. The SMILES string of the molecule is CN(CCN(C)c1nc(NCc2ccc3c(c2)OCO3)c2ncn(CC=Cc3ccccc3)c2n1)C(=O)c1cc(Cl)cc(Cl)c1. The highest BCUT2D eigenvalue weighted by atomic mass is 35.5. The molecule has 3 aromatic carbocycles. The van der Waals surface area contributed by atoms with Crippen molar-refractivity contribution in [3.8, 4) is 11.5 Å². The van der Waals surface area contributed by atoms with Crippen molar-refractivity contribution >= 4 is 58.1 Å². The molecule has 1 amide bonds. The van der Waals surface area contributed by atoms with Crippen LogP contribution in [0.5, 0.6) is 11.5 Å². The minimum Gasteiger partial charge on any atom is -0.454 e. The van der Waals surface area contributed by atoms with E-state index in [9.17, 15) is 4.79 Å². The Balaban J connectivity index is 1.23. The van der Waals surface area contributed by atoms with Gasteiger partial charge in [0, 0.05) is 55.9 Å². The van der Waals surface area contributed by atoms with Gasteiger partial charge in [0.05, 0.1) is 6.33 Å². The molecule has 0 fully saturated rings. The Labute approximate surface area is 270 Å². The molecule has 0 bridgehead atoms. The number of allylic oxidation sites excluding steroid dienone is 1. The fourth-order valence-electron chi connectivity index (χ4n) is 4.86. The lowest BCUT2D eigenvalue weighted by Crippen LogP contribution is -2.35. The van der Waals surface area contributed by atoms with E-state index in [1.54, 1.807) is 36.5 Å². The zero-order chi connectivity index (χ0) is 31.3. The smallest absolute Gasteiger partial charge is 0.253 e. The fourth-order valence-corrected chi connectivity index (χ4v) is 5.39. The van der Waals surface area contributed by atoms with Crippen molar-refractivity contribution in [2.24, 2.45) is 0 Å². The van der Waals surface area contributed by atoms with Crippen LogP contribution < -0.4 is 19.7 Å². The summed E-state index contributed by atoms with van der Waals surface area (Å²) < 4.78 is 13.0. The largest absolute Gasteiger partial charge is 0.454 e. The van der Waals surface area contributed by atoms with Crippen LogP contribution in [0, 0.1) is 0 Å². The monoisotopic (exact) mass is 643 g/mol. The van der Waals surface area contributed by atoms with Gasteiger partial charge >= 0.3 is 0 Å². The molecule has 45 heavy (non-hydrogen) atoms. The minimum atomic E-state index is -0.182. The van der Waals surface area contributed by atoms with Crippen LogP contribution in [0.3, 0.4) is 0 Å². The number of halogens is 2. The molecule has 12 heteroatoms. The number of amides is 1. The molecule has 5 aromatic rings. The van der Waals surface area contributed by atoms with Gasteiger partial charge in [-0.3, -0.25) is 4.79 Å².